The zero-order valence-electron chi connectivity index (χ0n) is 16.9. The van der Waals surface area contributed by atoms with Gasteiger partial charge in [-0.1, -0.05) is 12.1 Å². The van der Waals surface area contributed by atoms with Crippen LogP contribution in [-0.2, 0) is 14.4 Å². The smallest absolute Gasteiger partial charge is 0.323 e. The summed E-state index contributed by atoms with van der Waals surface area (Å²) in [7, 11) is 1.42. The highest BCUT2D eigenvalue weighted by molar-refractivity contribution is 6.19. The number of benzene rings is 2. The fraction of sp³-hybridized carbons (Fsp3) is 0.182. The zero-order valence-corrected chi connectivity index (χ0v) is 16.9. The van der Waals surface area contributed by atoms with E-state index in [-0.39, 0.29) is 29.8 Å². The van der Waals surface area contributed by atoms with E-state index in [1.54, 1.807) is 0 Å². The van der Waals surface area contributed by atoms with Gasteiger partial charge in [0.05, 0.1) is 6.42 Å². The summed E-state index contributed by atoms with van der Waals surface area (Å²) < 4.78 is 27.6. The van der Waals surface area contributed by atoms with Gasteiger partial charge in [-0.15, -0.1) is 0 Å². The molecule has 0 unspecified atom stereocenters. The molecule has 0 aliphatic carbocycles. The summed E-state index contributed by atoms with van der Waals surface area (Å²) in [5.41, 5.74) is 0.426. The largest absolute Gasteiger partial charge is 0.481 e. The second kappa shape index (κ2) is 9.38. The molecule has 0 aromatic heterocycles. The van der Waals surface area contributed by atoms with Gasteiger partial charge in [0.25, 0.3) is 5.91 Å². The lowest BCUT2D eigenvalue weighted by molar-refractivity contribution is -0.137. The molecule has 3 amide bonds. The number of aliphatic carboxylic acids is 1. The van der Waals surface area contributed by atoms with E-state index in [1.807, 2.05) is 0 Å². The molecule has 0 radical (unpaired) electrons. The van der Waals surface area contributed by atoms with Crippen LogP contribution in [0, 0.1) is 11.6 Å². The number of carbonyl (C=O) groups is 4. The normalized spacial score (nSPS) is 15.6. The first kappa shape index (κ1) is 22.6. The molecule has 10 heteroatoms. The van der Waals surface area contributed by atoms with Crippen LogP contribution in [0.3, 0.4) is 0 Å². The van der Waals surface area contributed by atoms with E-state index in [4.69, 9.17) is 5.11 Å². The Labute approximate surface area is 181 Å². The quantitative estimate of drug-likeness (QED) is 0.668. The summed E-state index contributed by atoms with van der Waals surface area (Å²) >= 11 is 0. The maximum atomic E-state index is 14.3. The number of carboxylic acid groups (broad SMARTS) is 1. The molecule has 1 atom stereocenters. The van der Waals surface area contributed by atoms with Crippen LogP contribution in [0.25, 0.3) is 11.1 Å². The molecule has 1 aliphatic rings. The Morgan fingerprint density at radius 3 is 2.59 bits per heavy atom. The van der Waals surface area contributed by atoms with Crippen molar-refractivity contribution in [2.45, 2.75) is 12.5 Å². The van der Waals surface area contributed by atoms with E-state index in [9.17, 15) is 28.0 Å². The first-order valence-electron chi connectivity index (χ1n) is 9.52. The minimum Gasteiger partial charge on any atom is -0.481 e. The van der Waals surface area contributed by atoms with Gasteiger partial charge in [0.15, 0.2) is 11.8 Å². The first-order valence-corrected chi connectivity index (χ1v) is 9.52. The second-order valence-corrected chi connectivity index (χ2v) is 6.99. The number of nitrogens with zero attached hydrogens (tertiary/aromatic N) is 2. The van der Waals surface area contributed by atoms with Crippen LogP contribution in [0.15, 0.2) is 54.7 Å². The van der Waals surface area contributed by atoms with Crippen molar-refractivity contribution in [2.75, 3.05) is 18.5 Å². The molecular weight excluding hydrogens is 424 g/mol. The van der Waals surface area contributed by atoms with E-state index in [0.29, 0.717) is 6.07 Å². The number of likely N-dealkylation sites (N-methyl/N-ethyl adjacent to an activating group) is 1. The van der Waals surface area contributed by atoms with Crippen LogP contribution in [0.4, 0.5) is 19.3 Å². The predicted octanol–water partition coefficient (Wildman–Crippen LogP) is 2.55. The van der Waals surface area contributed by atoms with Crippen molar-refractivity contribution in [3.05, 3.63) is 66.4 Å². The number of nitrogens with one attached hydrogen (secondary N) is 1. The molecule has 0 spiro atoms. The Balaban J connectivity index is 2.04. The number of carboxylic acids is 1. The molecule has 3 rings (SSSR count). The van der Waals surface area contributed by atoms with Crippen LogP contribution in [0.2, 0.25) is 0 Å². The Kier molecular flexibility index (Phi) is 6.62. The minimum atomic E-state index is -1.54. The summed E-state index contributed by atoms with van der Waals surface area (Å²) in [5.74, 6) is -4.05. The average molecular weight is 443 g/mol. The molecule has 2 aromatic carbocycles. The molecule has 1 aliphatic heterocycles. The third-order valence-corrected chi connectivity index (χ3v) is 4.77. The molecule has 166 valence electrons. The Hall–Kier alpha value is -4.08. The standard InChI is InChI=1S/C22H19F2N3O5/c1-26-10-8-18(28)20(21(26)31)27(22(32)25-9-7-19(29)30)15-4-2-3-13(11-15)16-6-5-14(23)12-17(16)24/h2-6,8,10-12,20H,7,9H2,1H3,(H,25,32)(H,29,30)/t20-/m0/s1. The molecular formula is C22H19F2N3O5. The average Bonchev–Trinajstić information content (AvgIpc) is 2.73. The highest BCUT2D eigenvalue weighted by atomic mass is 19.1. The number of anilines is 1. The van der Waals surface area contributed by atoms with Gasteiger partial charge in [-0.25, -0.2) is 13.6 Å². The molecule has 2 aromatic rings. The lowest BCUT2D eigenvalue weighted by atomic mass is 10.0. The number of hydrogen-bond acceptors (Lipinski definition) is 4. The van der Waals surface area contributed by atoms with Gasteiger partial charge in [0, 0.05) is 43.2 Å². The van der Waals surface area contributed by atoms with Gasteiger partial charge in [-0.05, 0) is 29.8 Å². The van der Waals surface area contributed by atoms with Crippen molar-refractivity contribution in [2.24, 2.45) is 0 Å². The topological polar surface area (TPSA) is 107 Å². The van der Waals surface area contributed by atoms with E-state index < -0.39 is 41.4 Å². The first-order chi connectivity index (χ1) is 15.2. The molecule has 8 nitrogen and oxygen atoms in total. The molecule has 0 saturated carbocycles. The number of urea groups is 1. The Morgan fingerprint density at radius 2 is 1.91 bits per heavy atom. The summed E-state index contributed by atoms with van der Waals surface area (Å²) in [4.78, 5) is 51.0. The Morgan fingerprint density at radius 1 is 1.16 bits per heavy atom. The highest BCUT2D eigenvalue weighted by Gasteiger charge is 2.39. The summed E-state index contributed by atoms with van der Waals surface area (Å²) in [6, 6.07) is 6.45. The van der Waals surface area contributed by atoms with Gasteiger partial charge < -0.3 is 15.3 Å². The number of hydrogen-bond donors (Lipinski definition) is 2. The Bertz CT molecular complexity index is 1120. The summed E-state index contributed by atoms with van der Waals surface area (Å²) in [6.45, 7) is -0.238. The SMILES string of the molecule is CN1C=CC(=O)[C@H](N(C(=O)NCCC(=O)O)c2cccc(-c3ccc(F)cc3F)c2)C1=O. The number of amides is 3. The molecule has 1 heterocycles. The number of halogens is 2. The minimum absolute atomic E-state index is 0.0535. The van der Waals surface area contributed by atoms with Crippen LogP contribution >= 0.6 is 0 Å². The summed E-state index contributed by atoms with van der Waals surface area (Å²) in [5, 5.41) is 11.2. The summed E-state index contributed by atoms with van der Waals surface area (Å²) in [6.07, 6.45) is 2.05. The van der Waals surface area contributed by atoms with E-state index in [1.165, 1.54) is 43.6 Å². The van der Waals surface area contributed by atoms with Gasteiger partial charge in [-0.3, -0.25) is 19.3 Å². The van der Waals surface area contributed by atoms with Crippen molar-refractivity contribution in [1.82, 2.24) is 10.2 Å². The van der Waals surface area contributed by atoms with Crippen molar-refractivity contribution >= 4 is 29.4 Å². The predicted molar refractivity (Wildman–Crippen MR) is 111 cm³/mol. The number of carbonyl (C=O) groups excluding carboxylic acids is 3. The van der Waals surface area contributed by atoms with Crippen molar-refractivity contribution < 1.29 is 33.1 Å². The maximum Gasteiger partial charge on any atom is 0.323 e. The van der Waals surface area contributed by atoms with Crippen LogP contribution in [0.1, 0.15) is 6.42 Å². The van der Waals surface area contributed by atoms with Crippen LogP contribution < -0.4 is 10.2 Å². The van der Waals surface area contributed by atoms with Crippen molar-refractivity contribution in [3.63, 3.8) is 0 Å². The third kappa shape index (κ3) is 4.80. The van der Waals surface area contributed by atoms with Gasteiger partial charge in [0.2, 0.25) is 0 Å². The van der Waals surface area contributed by atoms with E-state index in [2.05, 4.69) is 5.32 Å². The zero-order chi connectivity index (χ0) is 23.4. The lowest BCUT2D eigenvalue weighted by Gasteiger charge is -2.33. The van der Waals surface area contributed by atoms with Crippen LogP contribution in [-0.4, -0.2) is 53.3 Å². The fourth-order valence-corrected chi connectivity index (χ4v) is 3.19. The van der Waals surface area contributed by atoms with Crippen LogP contribution in [0.5, 0.6) is 0 Å². The third-order valence-electron chi connectivity index (χ3n) is 4.77. The second-order valence-electron chi connectivity index (χ2n) is 6.99. The number of ketones is 1. The van der Waals surface area contributed by atoms with Crippen molar-refractivity contribution in [3.8, 4) is 11.1 Å². The monoisotopic (exact) mass is 443 g/mol. The van der Waals surface area contributed by atoms with E-state index >= 15 is 0 Å². The van der Waals surface area contributed by atoms with Gasteiger partial charge in [-0.2, -0.15) is 0 Å². The highest BCUT2D eigenvalue weighted by Crippen LogP contribution is 2.29. The van der Waals surface area contributed by atoms with E-state index in [0.717, 1.165) is 21.9 Å². The lowest BCUT2D eigenvalue weighted by Crippen LogP contribution is -2.57. The maximum absolute atomic E-state index is 14.3. The number of rotatable bonds is 6. The fourth-order valence-electron chi connectivity index (χ4n) is 3.19. The van der Waals surface area contributed by atoms with Crippen molar-refractivity contribution in [1.29, 1.82) is 0 Å². The molecule has 32 heavy (non-hydrogen) atoms. The molecule has 0 saturated heterocycles. The van der Waals surface area contributed by atoms with Gasteiger partial charge in [0.1, 0.15) is 11.6 Å². The molecule has 2 N–H and O–H groups in total. The molecule has 0 bridgehead atoms. The molecule has 0 fully saturated rings. The van der Waals surface area contributed by atoms with Gasteiger partial charge >= 0.3 is 12.0 Å².